The second-order valence-corrected chi connectivity index (χ2v) is 6.46. The first-order valence-electron chi connectivity index (χ1n) is 7.37. The first-order valence-corrected chi connectivity index (χ1v) is 8.25. The van der Waals surface area contributed by atoms with Crippen LogP contribution in [-0.2, 0) is 6.42 Å². The van der Waals surface area contributed by atoms with Crippen molar-refractivity contribution in [2.45, 2.75) is 18.6 Å². The van der Waals surface area contributed by atoms with Crippen LogP contribution in [0, 0.1) is 6.92 Å². The van der Waals surface area contributed by atoms with E-state index >= 15 is 0 Å². The quantitative estimate of drug-likeness (QED) is 0.923. The van der Waals surface area contributed by atoms with Gasteiger partial charge in [-0.05, 0) is 30.0 Å². The van der Waals surface area contributed by atoms with E-state index in [1.807, 2.05) is 11.8 Å². The lowest BCUT2D eigenvalue weighted by Crippen LogP contribution is -2.22. The van der Waals surface area contributed by atoms with Gasteiger partial charge in [-0.1, -0.05) is 66.4 Å². The van der Waals surface area contributed by atoms with E-state index in [4.69, 9.17) is 0 Å². The van der Waals surface area contributed by atoms with Crippen molar-refractivity contribution in [3.63, 3.8) is 0 Å². The van der Waals surface area contributed by atoms with Gasteiger partial charge in [-0.3, -0.25) is 4.99 Å². The number of thioether (sulfide) groups is 1. The summed E-state index contributed by atoms with van der Waals surface area (Å²) in [5.41, 5.74) is 4.14. The van der Waals surface area contributed by atoms with E-state index in [-0.39, 0.29) is 0 Å². The van der Waals surface area contributed by atoms with Crippen molar-refractivity contribution in [3.8, 4) is 0 Å². The molecule has 108 valence electrons. The fourth-order valence-electron chi connectivity index (χ4n) is 2.51. The van der Waals surface area contributed by atoms with Crippen molar-refractivity contribution in [3.05, 3.63) is 71.3 Å². The van der Waals surface area contributed by atoms with Gasteiger partial charge >= 0.3 is 0 Å². The molecule has 0 amide bonds. The van der Waals surface area contributed by atoms with Crippen LogP contribution in [0.1, 0.15) is 21.9 Å². The van der Waals surface area contributed by atoms with Gasteiger partial charge in [0.05, 0.1) is 11.8 Å². The Balaban J connectivity index is 1.48. The third-order valence-corrected chi connectivity index (χ3v) is 4.96. The van der Waals surface area contributed by atoms with Crippen molar-refractivity contribution in [2.75, 3.05) is 13.1 Å². The van der Waals surface area contributed by atoms with Crippen LogP contribution in [0.15, 0.2) is 59.6 Å². The Hall–Kier alpha value is -1.74. The molecular formula is C18H20N2S. The lowest BCUT2D eigenvalue weighted by Gasteiger charge is -2.10. The van der Waals surface area contributed by atoms with Crippen LogP contribution in [-0.4, -0.2) is 18.3 Å². The van der Waals surface area contributed by atoms with Crippen LogP contribution >= 0.6 is 11.8 Å². The third-order valence-electron chi connectivity index (χ3n) is 3.76. The molecule has 1 aliphatic heterocycles. The summed E-state index contributed by atoms with van der Waals surface area (Å²) in [7, 11) is 0. The van der Waals surface area contributed by atoms with E-state index in [1.54, 1.807) is 0 Å². The van der Waals surface area contributed by atoms with Gasteiger partial charge < -0.3 is 5.32 Å². The highest BCUT2D eigenvalue weighted by Gasteiger charge is 2.20. The summed E-state index contributed by atoms with van der Waals surface area (Å²) in [5.74, 6) is 0. The molecule has 2 aromatic rings. The SMILES string of the molecule is Cc1ccccc1CCNC1=NCC(c2ccccc2)S1. The molecule has 21 heavy (non-hydrogen) atoms. The van der Waals surface area contributed by atoms with Crippen molar-refractivity contribution in [1.29, 1.82) is 0 Å². The fourth-order valence-corrected chi connectivity index (χ4v) is 3.55. The minimum Gasteiger partial charge on any atom is -0.365 e. The van der Waals surface area contributed by atoms with Gasteiger partial charge in [0.2, 0.25) is 0 Å². The minimum absolute atomic E-state index is 0.465. The minimum atomic E-state index is 0.465. The summed E-state index contributed by atoms with van der Waals surface area (Å²) < 4.78 is 0. The summed E-state index contributed by atoms with van der Waals surface area (Å²) in [5, 5.41) is 5.02. The zero-order valence-corrected chi connectivity index (χ0v) is 13.1. The molecule has 0 spiro atoms. The number of rotatable bonds is 4. The van der Waals surface area contributed by atoms with Crippen molar-refractivity contribution >= 4 is 16.9 Å². The first-order chi connectivity index (χ1) is 10.3. The molecule has 1 aliphatic rings. The third kappa shape index (κ3) is 3.67. The molecule has 2 aromatic carbocycles. The van der Waals surface area contributed by atoms with E-state index < -0.39 is 0 Å². The normalized spacial score (nSPS) is 17.6. The van der Waals surface area contributed by atoms with Crippen LogP contribution in [0.2, 0.25) is 0 Å². The van der Waals surface area contributed by atoms with E-state index in [9.17, 15) is 0 Å². The number of hydrogen-bond donors (Lipinski definition) is 1. The lowest BCUT2D eigenvalue weighted by molar-refractivity contribution is 0.864. The Bertz CT molecular complexity index is 622. The average Bonchev–Trinajstić information content (AvgIpc) is 2.99. The number of nitrogens with one attached hydrogen (secondary N) is 1. The maximum Gasteiger partial charge on any atom is 0.157 e. The first kappa shape index (κ1) is 14.2. The fraction of sp³-hybridized carbons (Fsp3) is 0.278. The van der Waals surface area contributed by atoms with Gasteiger partial charge in [-0.25, -0.2) is 0 Å². The van der Waals surface area contributed by atoms with Crippen LogP contribution in [0.3, 0.4) is 0 Å². The molecule has 0 radical (unpaired) electrons. The van der Waals surface area contributed by atoms with Crippen molar-refractivity contribution < 1.29 is 0 Å². The molecule has 0 aromatic heterocycles. The molecule has 0 fully saturated rings. The Morgan fingerprint density at radius 1 is 1.10 bits per heavy atom. The van der Waals surface area contributed by atoms with E-state index in [1.165, 1.54) is 16.7 Å². The molecule has 0 aliphatic carbocycles. The highest BCUT2D eigenvalue weighted by atomic mass is 32.2. The van der Waals surface area contributed by atoms with Gasteiger partial charge in [-0.15, -0.1) is 0 Å². The Labute approximate surface area is 130 Å². The molecule has 0 bridgehead atoms. The Morgan fingerprint density at radius 2 is 1.86 bits per heavy atom. The second kappa shape index (κ2) is 6.81. The summed E-state index contributed by atoms with van der Waals surface area (Å²) in [6.45, 7) is 3.99. The number of amidine groups is 1. The predicted octanol–water partition coefficient (Wildman–Crippen LogP) is 3.97. The highest BCUT2D eigenvalue weighted by Crippen LogP contribution is 2.34. The topological polar surface area (TPSA) is 24.4 Å². The van der Waals surface area contributed by atoms with Gasteiger partial charge in [0.1, 0.15) is 0 Å². The number of benzene rings is 2. The van der Waals surface area contributed by atoms with Crippen LogP contribution < -0.4 is 5.32 Å². The molecule has 1 atom stereocenters. The molecule has 1 unspecified atom stereocenters. The standard InChI is InChI=1S/C18H20N2S/c1-14-7-5-6-8-15(14)11-12-19-18-20-13-17(21-18)16-9-3-2-4-10-16/h2-10,17H,11-13H2,1H3,(H,19,20). The highest BCUT2D eigenvalue weighted by molar-refractivity contribution is 8.14. The maximum absolute atomic E-state index is 4.62. The van der Waals surface area contributed by atoms with Crippen molar-refractivity contribution in [2.24, 2.45) is 4.99 Å². The maximum atomic E-state index is 4.62. The molecule has 1 heterocycles. The van der Waals surface area contributed by atoms with Crippen LogP contribution in [0.25, 0.3) is 0 Å². The number of hydrogen-bond acceptors (Lipinski definition) is 3. The molecule has 1 N–H and O–H groups in total. The van der Waals surface area contributed by atoms with Crippen LogP contribution in [0.4, 0.5) is 0 Å². The molecule has 3 heteroatoms. The van der Waals surface area contributed by atoms with Gasteiger partial charge in [-0.2, -0.15) is 0 Å². The molecule has 0 saturated heterocycles. The lowest BCUT2D eigenvalue weighted by atomic mass is 10.1. The monoisotopic (exact) mass is 296 g/mol. The van der Waals surface area contributed by atoms with E-state index in [0.717, 1.165) is 24.7 Å². The summed E-state index contributed by atoms with van der Waals surface area (Å²) >= 11 is 1.84. The molecular weight excluding hydrogens is 276 g/mol. The molecule has 0 saturated carbocycles. The number of nitrogens with zero attached hydrogens (tertiary/aromatic N) is 1. The largest absolute Gasteiger partial charge is 0.365 e. The summed E-state index contributed by atoms with van der Waals surface area (Å²) in [6, 6.07) is 19.2. The second-order valence-electron chi connectivity index (χ2n) is 5.27. The predicted molar refractivity (Wildman–Crippen MR) is 92.0 cm³/mol. The van der Waals surface area contributed by atoms with Gasteiger partial charge in [0, 0.05) is 6.54 Å². The number of aryl methyl sites for hydroxylation is 1. The molecule has 2 nitrogen and oxygen atoms in total. The zero-order chi connectivity index (χ0) is 14.5. The Morgan fingerprint density at radius 3 is 2.67 bits per heavy atom. The van der Waals surface area contributed by atoms with E-state index in [0.29, 0.717) is 5.25 Å². The van der Waals surface area contributed by atoms with Gasteiger partial charge in [0.15, 0.2) is 5.17 Å². The van der Waals surface area contributed by atoms with Crippen molar-refractivity contribution in [1.82, 2.24) is 5.32 Å². The van der Waals surface area contributed by atoms with E-state index in [2.05, 4.69) is 71.8 Å². The smallest absolute Gasteiger partial charge is 0.157 e. The molecule has 3 rings (SSSR count). The number of aliphatic imine (C=N–C) groups is 1. The summed E-state index contributed by atoms with van der Waals surface area (Å²) in [6.07, 6.45) is 1.04. The Kier molecular flexibility index (Phi) is 4.61. The zero-order valence-electron chi connectivity index (χ0n) is 12.3. The summed E-state index contributed by atoms with van der Waals surface area (Å²) in [4.78, 5) is 4.62. The van der Waals surface area contributed by atoms with Crippen LogP contribution in [0.5, 0.6) is 0 Å². The average molecular weight is 296 g/mol. The van der Waals surface area contributed by atoms with Gasteiger partial charge in [0.25, 0.3) is 0 Å².